The number of carbonyl (C=O) groups is 1. The molecule has 0 spiro atoms. The summed E-state index contributed by atoms with van der Waals surface area (Å²) in [5.41, 5.74) is 0.936. The number of aromatic nitrogens is 4. The van der Waals surface area contributed by atoms with Crippen LogP contribution >= 0.6 is 0 Å². The summed E-state index contributed by atoms with van der Waals surface area (Å²) < 4.78 is 7.71. The monoisotopic (exact) mass is 380 g/mol. The third-order valence-electron chi connectivity index (χ3n) is 4.54. The molecule has 1 aliphatic heterocycles. The minimum Gasteiger partial charge on any atom is -0.474 e. The van der Waals surface area contributed by atoms with Gasteiger partial charge in [0.25, 0.3) is 0 Å². The van der Waals surface area contributed by atoms with Crippen LogP contribution in [0.15, 0.2) is 55.0 Å². The highest BCUT2D eigenvalue weighted by atomic mass is 16.5. The lowest BCUT2D eigenvalue weighted by Crippen LogP contribution is -2.41. The Balaban J connectivity index is 1.43. The lowest BCUT2D eigenvalue weighted by molar-refractivity contribution is 0.0870. The van der Waals surface area contributed by atoms with Crippen LogP contribution in [-0.2, 0) is 0 Å². The average molecular weight is 380 g/mol. The second-order valence-electron chi connectivity index (χ2n) is 6.42. The Bertz CT molecular complexity index is 938. The Morgan fingerprint density at radius 2 is 1.93 bits per heavy atom. The quantitative estimate of drug-likeness (QED) is 0.701. The van der Waals surface area contributed by atoms with Crippen LogP contribution in [0.4, 0.5) is 16.4 Å². The number of hydrogen-bond acceptors (Lipinski definition) is 6. The molecule has 1 fully saturated rings. The second-order valence-corrected chi connectivity index (χ2v) is 6.42. The Hall–Kier alpha value is -3.62. The number of piperidine rings is 1. The zero-order chi connectivity index (χ0) is 19.3. The van der Waals surface area contributed by atoms with Crippen LogP contribution in [0.3, 0.4) is 0 Å². The van der Waals surface area contributed by atoms with Crippen LogP contribution in [0.2, 0.25) is 0 Å². The van der Waals surface area contributed by atoms with Gasteiger partial charge in [-0.1, -0.05) is 18.2 Å². The molecule has 1 aliphatic rings. The predicted octanol–water partition coefficient (Wildman–Crippen LogP) is 2.93. The SMILES string of the molecule is O=C(O)N1CCC(Oc2cc(Nc3ccnn3-c3ccccc3)ncn2)CC1. The standard InChI is InChI=1S/C19H20N6O3/c26-19(27)24-10-7-15(8-11-24)28-18-12-16(20-13-21-18)23-17-6-9-22-25(17)14-4-2-1-3-5-14/h1-6,9,12-13,15H,7-8,10-11H2,(H,26,27)(H,20,21,23). The molecule has 0 saturated carbocycles. The molecular formula is C19H20N6O3. The fourth-order valence-corrected chi connectivity index (χ4v) is 3.11. The first-order valence-electron chi connectivity index (χ1n) is 9.02. The molecule has 0 radical (unpaired) electrons. The van der Waals surface area contributed by atoms with E-state index in [1.807, 2.05) is 36.4 Å². The molecule has 0 aliphatic carbocycles. The van der Waals surface area contributed by atoms with Crippen molar-refractivity contribution in [1.82, 2.24) is 24.6 Å². The Morgan fingerprint density at radius 1 is 1.14 bits per heavy atom. The van der Waals surface area contributed by atoms with E-state index < -0.39 is 6.09 Å². The number of amides is 1. The fraction of sp³-hybridized carbons (Fsp3) is 0.263. The van der Waals surface area contributed by atoms with Gasteiger partial charge in [-0.15, -0.1) is 0 Å². The van der Waals surface area contributed by atoms with Gasteiger partial charge < -0.3 is 20.1 Å². The van der Waals surface area contributed by atoms with Crippen molar-refractivity contribution in [3.05, 3.63) is 55.0 Å². The van der Waals surface area contributed by atoms with Crippen LogP contribution in [0.5, 0.6) is 5.88 Å². The molecule has 2 aromatic heterocycles. The summed E-state index contributed by atoms with van der Waals surface area (Å²) in [5.74, 6) is 1.81. The van der Waals surface area contributed by atoms with Gasteiger partial charge in [-0.05, 0) is 12.1 Å². The number of rotatable bonds is 5. The van der Waals surface area contributed by atoms with E-state index in [1.54, 1.807) is 16.9 Å². The van der Waals surface area contributed by atoms with Gasteiger partial charge in [-0.2, -0.15) is 5.10 Å². The number of carboxylic acid groups (broad SMARTS) is 1. The van der Waals surface area contributed by atoms with Crippen molar-refractivity contribution < 1.29 is 14.6 Å². The van der Waals surface area contributed by atoms with Crippen molar-refractivity contribution in [2.24, 2.45) is 0 Å². The molecule has 2 N–H and O–H groups in total. The first-order valence-corrected chi connectivity index (χ1v) is 9.02. The summed E-state index contributed by atoms with van der Waals surface area (Å²) in [4.78, 5) is 20.8. The number of benzene rings is 1. The predicted molar refractivity (Wildman–Crippen MR) is 102 cm³/mol. The minimum absolute atomic E-state index is 0.0619. The normalized spacial score (nSPS) is 14.6. The molecule has 9 heteroatoms. The van der Waals surface area contributed by atoms with Gasteiger partial charge in [-0.3, -0.25) is 0 Å². The third-order valence-corrected chi connectivity index (χ3v) is 4.54. The van der Waals surface area contributed by atoms with Crippen molar-refractivity contribution in [2.75, 3.05) is 18.4 Å². The smallest absolute Gasteiger partial charge is 0.407 e. The van der Waals surface area contributed by atoms with Crippen LogP contribution < -0.4 is 10.1 Å². The molecule has 0 atom stereocenters. The highest BCUT2D eigenvalue weighted by Gasteiger charge is 2.23. The van der Waals surface area contributed by atoms with E-state index in [0.29, 0.717) is 37.6 Å². The van der Waals surface area contributed by atoms with E-state index in [4.69, 9.17) is 9.84 Å². The summed E-state index contributed by atoms with van der Waals surface area (Å²) >= 11 is 0. The number of likely N-dealkylation sites (tertiary alicyclic amines) is 1. The van der Waals surface area contributed by atoms with Gasteiger partial charge in [0.05, 0.1) is 11.9 Å². The number of anilines is 2. The molecule has 1 amide bonds. The van der Waals surface area contributed by atoms with Gasteiger partial charge in [0.2, 0.25) is 5.88 Å². The van der Waals surface area contributed by atoms with Gasteiger partial charge >= 0.3 is 6.09 Å². The maximum absolute atomic E-state index is 11.0. The maximum atomic E-state index is 11.0. The summed E-state index contributed by atoms with van der Waals surface area (Å²) in [6.07, 6.45) is 3.48. The molecule has 1 aromatic carbocycles. The summed E-state index contributed by atoms with van der Waals surface area (Å²) in [6.45, 7) is 0.929. The van der Waals surface area contributed by atoms with E-state index in [2.05, 4.69) is 20.4 Å². The summed E-state index contributed by atoms with van der Waals surface area (Å²) in [6, 6.07) is 13.4. The van der Waals surface area contributed by atoms with Crippen LogP contribution in [-0.4, -0.2) is 55.0 Å². The van der Waals surface area contributed by atoms with Crippen LogP contribution in [0, 0.1) is 0 Å². The van der Waals surface area contributed by atoms with Crippen molar-refractivity contribution in [1.29, 1.82) is 0 Å². The molecule has 144 valence electrons. The molecule has 1 saturated heterocycles. The molecule has 28 heavy (non-hydrogen) atoms. The molecule has 9 nitrogen and oxygen atoms in total. The second kappa shape index (κ2) is 7.95. The van der Waals surface area contributed by atoms with Crippen molar-refractivity contribution in [3.63, 3.8) is 0 Å². The van der Waals surface area contributed by atoms with E-state index >= 15 is 0 Å². The Morgan fingerprint density at radius 3 is 2.68 bits per heavy atom. The topological polar surface area (TPSA) is 105 Å². The Labute approximate surface area is 161 Å². The molecular weight excluding hydrogens is 360 g/mol. The first-order chi connectivity index (χ1) is 13.7. The van der Waals surface area contributed by atoms with Gasteiger partial charge in [-0.25, -0.2) is 19.4 Å². The highest BCUT2D eigenvalue weighted by Crippen LogP contribution is 2.22. The van der Waals surface area contributed by atoms with E-state index in [1.165, 1.54) is 11.2 Å². The fourth-order valence-electron chi connectivity index (χ4n) is 3.11. The number of nitrogens with one attached hydrogen (secondary N) is 1. The Kier molecular flexibility index (Phi) is 5.05. The minimum atomic E-state index is -0.887. The maximum Gasteiger partial charge on any atom is 0.407 e. The lowest BCUT2D eigenvalue weighted by Gasteiger charge is -2.29. The average Bonchev–Trinajstić information content (AvgIpc) is 3.17. The van der Waals surface area contributed by atoms with E-state index in [-0.39, 0.29) is 6.10 Å². The van der Waals surface area contributed by atoms with Gasteiger partial charge in [0, 0.05) is 38.1 Å². The van der Waals surface area contributed by atoms with E-state index in [9.17, 15) is 4.79 Å². The summed E-state index contributed by atoms with van der Waals surface area (Å²) in [5, 5.41) is 16.6. The lowest BCUT2D eigenvalue weighted by atomic mass is 10.1. The zero-order valence-electron chi connectivity index (χ0n) is 15.1. The molecule has 4 rings (SSSR count). The van der Waals surface area contributed by atoms with Crippen molar-refractivity contribution in [3.8, 4) is 11.6 Å². The molecule has 0 bridgehead atoms. The number of para-hydroxylation sites is 1. The van der Waals surface area contributed by atoms with Crippen LogP contribution in [0.1, 0.15) is 12.8 Å². The van der Waals surface area contributed by atoms with Gasteiger partial charge in [0.1, 0.15) is 24.1 Å². The number of nitrogens with zero attached hydrogens (tertiary/aromatic N) is 5. The first kappa shape index (κ1) is 17.8. The number of hydrogen-bond donors (Lipinski definition) is 2. The third kappa shape index (κ3) is 4.03. The largest absolute Gasteiger partial charge is 0.474 e. The van der Waals surface area contributed by atoms with Crippen molar-refractivity contribution in [2.45, 2.75) is 18.9 Å². The molecule has 3 aromatic rings. The van der Waals surface area contributed by atoms with Crippen molar-refractivity contribution >= 4 is 17.7 Å². The van der Waals surface area contributed by atoms with Crippen LogP contribution in [0.25, 0.3) is 5.69 Å². The molecule has 3 heterocycles. The zero-order valence-corrected chi connectivity index (χ0v) is 15.1. The number of ether oxygens (including phenoxy) is 1. The molecule has 0 unspecified atom stereocenters. The highest BCUT2D eigenvalue weighted by molar-refractivity contribution is 5.65. The van der Waals surface area contributed by atoms with E-state index in [0.717, 1.165) is 11.5 Å². The summed E-state index contributed by atoms with van der Waals surface area (Å²) in [7, 11) is 0. The van der Waals surface area contributed by atoms with Gasteiger partial charge in [0.15, 0.2) is 0 Å².